The highest BCUT2D eigenvalue weighted by Gasteiger charge is 2.24. The van der Waals surface area contributed by atoms with Crippen molar-refractivity contribution in [2.45, 2.75) is 19.9 Å². The highest BCUT2D eigenvalue weighted by atomic mass is 16.1. The first-order valence-electron chi connectivity index (χ1n) is 9.62. The summed E-state index contributed by atoms with van der Waals surface area (Å²) >= 11 is 0. The molecule has 0 saturated carbocycles. The van der Waals surface area contributed by atoms with Crippen LogP contribution < -0.4 is 10.5 Å². The molecule has 0 spiro atoms. The second kappa shape index (κ2) is 7.56. The van der Waals surface area contributed by atoms with Gasteiger partial charge in [0.15, 0.2) is 5.78 Å². The summed E-state index contributed by atoms with van der Waals surface area (Å²) in [6, 6.07) is 15.3. The van der Waals surface area contributed by atoms with E-state index in [1.165, 1.54) is 0 Å². The zero-order chi connectivity index (χ0) is 19.7. The number of anilines is 1. The summed E-state index contributed by atoms with van der Waals surface area (Å²) in [4.78, 5) is 36.1. The molecule has 2 heterocycles. The summed E-state index contributed by atoms with van der Waals surface area (Å²) in [6.45, 7) is 7.21. The summed E-state index contributed by atoms with van der Waals surface area (Å²) in [5.74, 6) is 0.796. The molecule has 4 rings (SSSR count). The topological polar surface area (TPSA) is 69.3 Å². The van der Waals surface area contributed by atoms with Crippen LogP contribution in [-0.4, -0.2) is 46.8 Å². The number of carbonyl (C=O) groups is 1. The maximum atomic E-state index is 12.4. The fourth-order valence-electron chi connectivity index (χ4n) is 3.75. The molecule has 6 nitrogen and oxygen atoms in total. The SMILES string of the molecule is CC(=O)c1ccc(N2CCN([C@H](C)c3nc4ccccc4c(=O)[nH]3)CC2)cc1. The maximum absolute atomic E-state index is 12.4. The largest absolute Gasteiger partial charge is 0.369 e. The molecular weight excluding hydrogens is 352 g/mol. The third-order valence-electron chi connectivity index (χ3n) is 5.53. The van der Waals surface area contributed by atoms with E-state index in [-0.39, 0.29) is 17.4 Å². The van der Waals surface area contributed by atoms with Crippen LogP contribution >= 0.6 is 0 Å². The van der Waals surface area contributed by atoms with E-state index in [4.69, 9.17) is 0 Å². The Morgan fingerprint density at radius 3 is 2.39 bits per heavy atom. The van der Waals surface area contributed by atoms with Gasteiger partial charge in [0.1, 0.15) is 5.82 Å². The number of aromatic amines is 1. The van der Waals surface area contributed by atoms with Crippen LogP contribution in [0.25, 0.3) is 10.9 Å². The monoisotopic (exact) mass is 376 g/mol. The Hall–Kier alpha value is -2.99. The average molecular weight is 376 g/mol. The van der Waals surface area contributed by atoms with E-state index in [1.54, 1.807) is 13.0 Å². The van der Waals surface area contributed by atoms with Crippen molar-refractivity contribution in [1.29, 1.82) is 0 Å². The Balaban J connectivity index is 1.46. The lowest BCUT2D eigenvalue weighted by Crippen LogP contribution is -2.47. The number of fused-ring (bicyclic) bond motifs is 1. The summed E-state index contributed by atoms with van der Waals surface area (Å²) in [6.07, 6.45) is 0. The average Bonchev–Trinajstić information content (AvgIpc) is 2.73. The van der Waals surface area contributed by atoms with Crippen LogP contribution in [0.15, 0.2) is 53.3 Å². The summed E-state index contributed by atoms with van der Waals surface area (Å²) in [5, 5.41) is 0.622. The van der Waals surface area contributed by atoms with Gasteiger partial charge in [-0.3, -0.25) is 14.5 Å². The fraction of sp³-hybridized carbons (Fsp3) is 0.318. The van der Waals surface area contributed by atoms with E-state index < -0.39 is 0 Å². The summed E-state index contributed by atoms with van der Waals surface area (Å²) < 4.78 is 0. The zero-order valence-corrected chi connectivity index (χ0v) is 16.2. The number of nitrogens with zero attached hydrogens (tertiary/aromatic N) is 3. The van der Waals surface area contributed by atoms with Gasteiger partial charge in [0, 0.05) is 37.4 Å². The number of H-pyrrole nitrogens is 1. The lowest BCUT2D eigenvalue weighted by atomic mass is 10.1. The first-order chi connectivity index (χ1) is 13.5. The number of para-hydroxylation sites is 1. The van der Waals surface area contributed by atoms with Gasteiger partial charge in [0.2, 0.25) is 0 Å². The van der Waals surface area contributed by atoms with Crippen LogP contribution in [0.2, 0.25) is 0 Å². The molecule has 1 aromatic heterocycles. The van der Waals surface area contributed by atoms with E-state index in [0.29, 0.717) is 11.2 Å². The minimum atomic E-state index is -0.0864. The first-order valence-corrected chi connectivity index (χ1v) is 9.62. The van der Waals surface area contributed by atoms with Crippen molar-refractivity contribution in [2.75, 3.05) is 31.1 Å². The molecule has 1 atom stereocenters. The number of hydrogen-bond acceptors (Lipinski definition) is 5. The van der Waals surface area contributed by atoms with Gasteiger partial charge in [-0.1, -0.05) is 12.1 Å². The van der Waals surface area contributed by atoms with E-state index in [1.807, 2.05) is 42.5 Å². The molecule has 144 valence electrons. The molecule has 2 aromatic carbocycles. The molecule has 0 amide bonds. The van der Waals surface area contributed by atoms with E-state index >= 15 is 0 Å². The van der Waals surface area contributed by atoms with Gasteiger partial charge in [0.25, 0.3) is 5.56 Å². The number of benzene rings is 2. The second-order valence-corrected chi connectivity index (χ2v) is 7.27. The van der Waals surface area contributed by atoms with Gasteiger partial charge >= 0.3 is 0 Å². The summed E-state index contributed by atoms with van der Waals surface area (Å²) in [5.41, 5.74) is 2.52. The van der Waals surface area contributed by atoms with Gasteiger partial charge in [-0.25, -0.2) is 4.98 Å². The van der Waals surface area contributed by atoms with Crippen molar-refractivity contribution in [3.8, 4) is 0 Å². The van der Waals surface area contributed by atoms with Crippen LogP contribution in [0.4, 0.5) is 5.69 Å². The van der Waals surface area contributed by atoms with Crippen LogP contribution in [-0.2, 0) is 0 Å². The molecule has 3 aromatic rings. The molecule has 6 heteroatoms. The van der Waals surface area contributed by atoms with Crippen molar-refractivity contribution in [1.82, 2.24) is 14.9 Å². The van der Waals surface area contributed by atoms with Crippen LogP contribution in [0.1, 0.15) is 36.1 Å². The third kappa shape index (κ3) is 3.55. The molecular formula is C22H24N4O2. The number of Topliss-reactive ketones (excluding diaryl/α,β-unsaturated/α-hetero) is 1. The van der Waals surface area contributed by atoms with Gasteiger partial charge in [-0.05, 0) is 50.2 Å². The molecule has 0 unspecified atom stereocenters. The van der Waals surface area contributed by atoms with Crippen molar-refractivity contribution >= 4 is 22.4 Å². The minimum Gasteiger partial charge on any atom is -0.369 e. The quantitative estimate of drug-likeness (QED) is 0.709. The van der Waals surface area contributed by atoms with E-state index in [9.17, 15) is 9.59 Å². The lowest BCUT2D eigenvalue weighted by molar-refractivity contribution is 0.101. The minimum absolute atomic E-state index is 0.0412. The molecule has 1 saturated heterocycles. The van der Waals surface area contributed by atoms with Crippen LogP contribution in [0.5, 0.6) is 0 Å². The predicted molar refractivity (Wildman–Crippen MR) is 111 cm³/mol. The first kappa shape index (κ1) is 18.4. The zero-order valence-electron chi connectivity index (χ0n) is 16.2. The molecule has 1 N–H and O–H groups in total. The van der Waals surface area contributed by atoms with Gasteiger partial charge in [-0.2, -0.15) is 0 Å². The number of rotatable bonds is 4. The maximum Gasteiger partial charge on any atom is 0.258 e. The summed E-state index contributed by atoms with van der Waals surface area (Å²) in [7, 11) is 0. The molecule has 1 fully saturated rings. The van der Waals surface area contributed by atoms with Gasteiger partial charge in [0.05, 0.1) is 16.9 Å². The number of piperazine rings is 1. The number of ketones is 1. The number of hydrogen-bond donors (Lipinski definition) is 1. The van der Waals surface area contributed by atoms with Crippen molar-refractivity contribution < 1.29 is 4.79 Å². The number of aromatic nitrogens is 2. The van der Waals surface area contributed by atoms with Crippen molar-refractivity contribution in [3.05, 3.63) is 70.3 Å². The van der Waals surface area contributed by atoms with Gasteiger partial charge < -0.3 is 9.88 Å². The highest BCUT2D eigenvalue weighted by Crippen LogP contribution is 2.23. The Morgan fingerprint density at radius 2 is 1.71 bits per heavy atom. The van der Waals surface area contributed by atoms with Crippen molar-refractivity contribution in [2.24, 2.45) is 0 Å². The molecule has 0 aliphatic carbocycles. The fourth-order valence-corrected chi connectivity index (χ4v) is 3.75. The second-order valence-electron chi connectivity index (χ2n) is 7.27. The molecule has 1 aliphatic rings. The van der Waals surface area contributed by atoms with Crippen molar-refractivity contribution in [3.63, 3.8) is 0 Å². The lowest BCUT2D eigenvalue weighted by Gasteiger charge is -2.38. The number of carbonyl (C=O) groups excluding carboxylic acids is 1. The van der Waals surface area contributed by atoms with Crippen LogP contribution in [0.3, 0.4) is 0 Å². The predicted octanol–water partition coefficient (Wildman–Crippen LogP) is 3.01. The van der Waals surface area contributed by atoms with Gasteiger partial charge in [-0.15, -0.1) is 0 Å². The molecule has 0 radical (unpaired) electrons. The van der Waals surface area contributed by atoms with Crippen LogP contribution in [0, 0.1) is 0 Å². The molecule has 0 bridgehead atoms. The molecule has 1 aliphatic heterocycles. The van der Waals surface area contributed by atoms with E-state index in [2.05, 4.69) is 26.7 Å². The normalized spacial score (nSPS) is 16.3. The third-order valence-corrected chi connectivity index (χ3v) is 5.53. The Bertz CT molecular complexity index is 1050. The Morgan fingerprint density at radius 1 is 1.04 bits per heavy atom. The highest BCUT2D eigenvalue weighted by molar-refractivity contribution is 5.94. The molecule has 28 heavy (non-hydrogen) atoms. The Labute approximate surface area is 163 Å². The Kier molecular flexibility index (Phi) is 4.96. The van der Waals surface area contributed by atoms with E-state index in [0.717, 1.165) is 42.9 Å². The number of nitrogens with one attached hydrogen (secondary N) is 1. The standard InChI is InChI=1S/C22H24N4O2/c1-15(21-23-20-6-4-3-5-19(20)22(28)24-21)25-11-13-26(14-12-25)18-9-7-17(8-10-18)16(2)27/h3-10,15H,11-14H2,1-2H3,(H,23,24,28)/t15-/m1/s1. The smallest absolute Gasteiger partial charge is 0.258 e.